The van der Waals surface area contributed by atoms with Gasteiger partial charge in [0.05, 0.1) is 18.6 Å². The molecule has 3 heterocycles. The molecule has 40 heavy (non-hydrogen) atoms. The quantitative estimate of drug-likeness (QED) is 0.306. The number of likely N-dealkylation sites (tertiary alicyclic amines) is 1. The van der Waals surface area contributed by atoms with Crippen LogP contribution in [0.1, 0.15) is 40.9 Å². The number of benzene rings is 3. The lowest BCUT2D eigenvalue weighted by molar-refractivity contribution is 0.0753. The second-order valence-corrected chi connectivity index (χ2v) is 10.1. The number of hydrogen-bond acceptors (Lipinski definition) is 4. The molecule has 2 aliphatic rings. The van der Waals surface area contributed by atoms with Gasteiger partial charge in [0.2, 0.25) is 0 Å². The second-order valence-electron chi connectivity index (χ2n) is 10.1. The third kappa shape index (κ3) is 6.18. The van der Waals surface area contributed by atoms with Gasteiger partial charge in [-0.15, -0.1) is 24.8 Å². The maximum absolute atomic E-state index is 13.8. The standard InChI is InChI=1S/C30H32N6O2.2ClH/c37-29(27-10-6-8-22-7-2-3-9-26(22)27)36-16-15-35(20-25-18-31-21-32-25)28-17-24(12-11-23(28)19-36)33-30(38)34-13-4-1-5-14-34;;/h2-3,6-12,17-18,21H,1,4-5,13-16,19-20H2,(H,31,32)(H,33,38);2*1H. The summed E-state index contributed by atoms with van der Waals surface area (Å²) in [4.78, 5) is 40.2. The lowest BCUT2D eigenvalue weighted by atomic mass is 10.0. The Morgan fingerprint density at radius 1 is 0.875 bits per heavy atom. The molecule has 1 aromatic heterocycles. The number of carbonyl (C=O) groups excluding carboxylic acids is 2. The van der Waals surface area contributed by atoms with Crippen molar-refractivity contribution in [3.8, 4) is 0 Å². The number of halogens is 2. The molecular weight excluding hydrogens is 547 g/mol. The maximum Gasteiger partial charge on any atom is 0.321 e. The fourth-order valence-electron chi connectivity index (χ4n) is 5.51. The summed E-state index contributed by atoms with van der Waals surface area (Å²) in [5.74, 6) is 0.0265. The summed E-state index contributed by atoms with van der Waals surface area (Å²) in [7, 11) is 0. The zero-order valence-electron chi connectivity index (χ0n) is 22.2. The van der Waals surface area contributed by atoms with Crippen molar-refractivity contribution in [2.75, 3.05) is 36.4 Å². The average molecular weight is 582 g/mol. The molecule has 8 nitrogen and oxygen atoms in total. The normalized spacial score (nSPS) is 14.9. The Bertz CT molecular complexity index is 1450. The number of aromatic nitrogens is 2. The molecule has 210 valence electrons. The number of anilines is 2. The molecule has 3 amide bonds. The number of piperidine rings is 1. The highest BCUT2D eigenvalue weighted by Crippen LogP contribution is 2.31. The number of urea groups is 1. The zero-order chi connectivity index (χ0) is 25.9. The van der Waals surface area contributed by atoms with Crippen molar-refractivity contribution in [1.82, 2.24) is 19.8 Å². The lowest BCUT2D eigenvalue weighted by Gasteiger charge is -2.28. The van der Waals surface area contributed by atoms with E-state index in [0.29, 0.717) is 26.2 Å². The summed E-state index contributed by atoms with van der Waals surface area (Å²) in [5, 5.41) is 5.13. The van der Waals surface area contributed by atoms with Crippen molar-refractivity contribution in [3.05, 3.63) is 90.0 Å². The Balaban J connectivity index is 0.00000185. The van der Waals surface area contributed by atoms with E-state index in [1.807, 2.05) is 76.7 Å². The highest BCUT2D eigenvalue weighted by atomic mass is 35.5. The Morgan fingerprint density at radius 3 is 2.48 bits per heavy atom. The molecule has 0 aliphatic carbocycles. The number of aromatic amines is 1. The van der Waals surface area contributed by atoms with Gasteiger partial charge in [0, 0.05) is 55.9 Å². The number of hydrogen-bond donors (Lipinski definition) is 2. The first-order valence-corrected chi connectivity index (χ1v) is 13.3. The molecule has 0 radical (unpaired) electrons. The van der Waals surface area contributed by atoms with Crippen LogP contribution in [-0.4, -0.2) is 57.9 Å². The number of amides is 3. The minimum Gasteiger partial charge on any atom is -0.364 e. The number of nitrogens with zero attached hydrogens (tertiary/aromatic N) is 4. The molecule has 1 fully saturated rings. The van der Waals surface area contributed by atoms with E-state index in [1.54, 1.807) is 6.33 Å². The molecule has 2 aliphatic heterocycles. The molecule has 0 atom stereocenters. The van der Waals surface area contributed by atoms with Crippen molar-refractivity contribution in [2.45, 2.75) is 32.4 Å². The Hall–Kier alpha value is -3.75. The SMILES string of the molecule is Cl.Cl.O=C(Nc1ccc2c(c1)N(Cc1cnc[nH]1)CCN(C(=O)c1cccc3ccccc13)C2)N1CCCCC1. The molecule has 1 saturated heterocycles. The molecule has 3 aromatic carbocycles. The first-order valence-electron chi connectivity index (χ1n) is 13.3. The van der Waals surface area contributed by atoms with Gasteiger partial charge in [-0.05, 0) is 53.8 Å². The van der Waals surface area contributed by atoms with Gasteiger partial charge >= 0.3 is 6.03 Å². The molecular formula is C30H34Cl2N6O2. The minimum atomic E-state index is -0.0499. The first kappa shape index (κ1) is 29.2. The van der Waals surface area contributed by atoms with Gasteiger partial charge in [0.1, 0.15) is 0 Å². The predicted octanol–water partition coefficient (Wildman–Crippen LogP) is 6.09. The van der Waals surface area contributed by atoms with E-state index < -0.39 is 0 Å². The third-order valence-electron chi connectivity index (χ3n) is 7.54. The predicted molar refractivity (Wildman–Crippen MR) is 164 cm³/mol. The van der Waals surface area contributed by atoms with E-state index in [4.69, 9.17) is 0 Å². The molecule has 0 unspecified atom stereocenters. The van der Waals surface area contributed by atoms with Gasteiger partial charge in [-0.3, -0.25) is 4.79 Å². The van der Waals surface area contributed by atoms with Gasteiger partial charge in [-0.1, -0.05) is 42.5 Å². The summed E-state index contributed by atoms with van der Waals surface area (Å²) in [6.07, 6.45) is 6.79. The van der Waals surface area contributed by atoms with Crippen LogP contribution in [0.5, 0.6) is 0 Å². The smallest absolute Gasteiger partial charge is 0.321 e. The van der Waals surface area contributed by atoms with Crippen molar-refractivity contribution in [2.24, 2.45) is 0 Å². The van der Waals surface area contributed by atoms with Crippen LogP contribution in [0.15, 0.2) is 73.2 Å². The molecule has 4 aromatic rings. The first-order chi connectivity index (χ1) is 18.7. The van der Waals surface area contributed by atoms with E-state index in [1.165, 1.54) is 6.42 Å². The van der Waals surface area contributed by atoms with Crippen molar-refractivity contribution >= 4 is 58.9 Å². The minimum absolute atomic E-state index is 0. The van der Waals surface area contributed by atoms with Gasteiger partial charge in [-0.2, -0.15) is 0 Å². The van der Waals surface area contributed by atoms with Gasteiger partial charge in [0.25, 0.3) is 5.91 Å². The molecule has 0 bridgehead atoms. The Kier molecular flexibility index (Phi) is 9.55. The highest BCUT2D eigenvalue weighted by molar-refractivity contribution is 6.07. The molecule has 2 N–H and O–H groups in total. The van der Waals surface area contributed by atoms with E-state index in [0.717, 1.165) is 64.9 Å². The van der Waals surface area contributed by atoms with E-state index in [-0.39, 0.29) is 36.8 Å². The average Bonchev–Trinajstić information content (AvgIpc) is 3.41. The van der Waals surface area contributed by atoms with Crippen LogP contribution in [0.2, 0.25) is 0 Å². The largest absolute Gasteiger partial charge is 0.364 e. The summed E-state index contributed by atoms with van der Waals surface area (Å²) in [6, 6.07) is 19.9. The van der Waals surface area contributed by atoms with Crippen LogP contribution in [-0.2, 0) is 13.1 Å². The highest BCUT2D eigenvalue weighted by Gasteiger charge is 2.26. The number of imidazole rings is 1. The van der Waals surface area contributed by atoms with Crippen LogP contribution in [0, 0.1) is 0 Å². The number of rotatable bonds is 4. The van der Waals surface area contributed by atoms with E-state index in [9.17, 15) is 9.59 Å². The fourth-order valence-corrected chi connectivity index (χ4v) is 5.51. The van der Waals surface area contributed by atoms with Crippen LogP contribution >= 0.6 is 24.8 Å². The van der Waals surface area contributed by atoms with Crippen molar-refractivity contribution in [1.29, 1.82) is 0 Å². The Labute approximate surface area is 246 Å². The summed E-state index contributed by atoms with van der Waals surface area (Å²) < 4.78 is 0. The monoisotopic (exact) mass is 580 g/mol. The summed E-state index contributed by atoms with van der Waals surface area (Å²) in [6.45, 7) is 3.97. The maximum atomic E-state index is 13.8. The third-order valence-corrected chi connectivity index (χ3v) is 7.54. The Morgan fingerprint density at radius 2 is 1.68 bits per heavy atom. The summed E-state index contributed by atoms with van der Waals surface area (Å²) >= 11 is 0. The lowest BCUT2D eigenvalue weighted by Crippen LogP contribution is -2.38. The molecule has 0 spiro atoms. The zero-order valence-corrected chi connectivity index (χ0v) is 23.8. The number of H-pyrrole nitrogens is 1. The number of fused-ring (bicyclic) bond motifs is 2. The van der Waals surface area contributed by atoms with Gasteiger partial charge in [-0.25, -0.2) is 9.78 Å². The summed E-state index contributed by atoms with van der Waals surface area (Å²) in [5.41, 5.74) is 4.54. The second kappa shape index (κ2) is 13.1. The van der Waals surface area contributed by atoms with E-state index in [2.05, 4.69) is 20.2 Å². The van der Waals surface area contributed by atoms with Crippen LogP contribution in [0.3, 0.4) is 0 Å². The fraction of sp³-hybridized carbons (Fsp3) is 0.300. The number of nitrogens with one attached hydrogen (secondary N) is 2. The molecule has 6 rings (SSSR count). The van der Waals surface area contributed by atoms with Crippen LogP contribution in [0.25, 0.3) is 10.8 Å². The van der Waals surface area contributed by atoms with Crippen LogP contribution < -0.4 is 10.2 Å². The van der Waals surface area contributed by atoms with Gasteiger partial charge in [0.15, 0.2) is 0 Å². The van der Waals surface area contributed by atoms with Gasteiger partial charge < -0.3 is 25.0 Å². The van der Waals surface area contributed by atoms with E-state index >= 15 is 0 Å². The van der Waals surface area contributed by atoms with Crippen molar-refractivity contribution in [3.63, 3.8) is 0 Å². The number of carbonyl (C=O) groups is 2. The van der Waals surface area contributed by atoms with Crippen LogP contribution in [0.4, 0.5) is 16.2 Å². The molecule has 10 heteroatoms. The molecule has 0 saturated carbocycles. The topological polar surface area (TPSA) is 84.6 Å². The van der Waals surface area contributed by atoms with Crippen molar-refractivity contribution < 1.29 is 9.59 Å².